The van der Waals surface area contributed by atoms with E-state index in [-0.39, 0.29) is 17.9 Å². The van der Waals surface area contributed by atoms with Crippen LogP contribution in [0.2, 0.25) is 0 Å². The maximum Gasteiger partial charge on any atom is 0.416 e. The number of hydrogen-bond donors (Lipinski definition) is 1. The van der Waals surface area contributed by atoms with Crippen LogP contribution in [-0.4, -0.2) is 12.5 Å². The molecule has 0 saturated heterocycles. The highest BCUT2D eigenvalue weighted by atomic mass is 79.9. The van der Waals surface area contributed by atoms with Gasteiger partial charge in [0.15, 0.2) is 11.5 Å². The second kappa shape index (κ2) is 12.1. The Morgan fingerprint density at radius 1 is 1.08 bits per heavy atom. The fraction of sp³-hybridized carbons (Fsp3) is 0.154. The summed E-state index contributed by atoms with van der Waals surface area (Å²) in [5, 5.41) is 11.8. The normalized spacial score (nSPS) is 11.5. The number of hydrogen-bond acceptors (Lipinski definition) is 4. The first-order valence-electron chi connectivity index (χ1n) is 10.5. The predicted octanol–water partition coefficient (Wildman–Crippen LogP) is 7.75. The SMILES string of the molecule is CCOc1cc(/C=C(\C#N)C(=O)Nc2cccc(C(F)(F)F)c2)cc(Br)c1OCc1ccc(Br)cc1. The number of nitrogens with one attached hydrogen (secondary N) is 1. The molecule has 10 heteroatoms. The number of carbonyl (C=O) groups excluding carboxylic acids is 1. The minimum Gasteiger partial charge on any atom is -0.490 e. The van der Waals surface area contributed by atoms with E-state index in [2.05, 4.69) is 37.2 Å². The molecule has 0 aliphatic carbocycles. The summed E-state index contributed by atoms with van der Waals surface area (Å²) in [6, 6.07) is 16.9. The van der Waals surface area contributed by atoms with Crippen LogP contribution in [0.5, 0.6) is 11.5 Å². The van der Waals surface area contributed by atoms with Crippen LogP contribution >= 0.6 is 31.9 Å². The molecule has 0 saturated carbocycles. The average molecular weight is 624 g/mol. The highest BCUT2D eigenvalue weighted by Gasteiger charge is 2.30. The van der Waals surface area contributed by atoms with Gasteiger partial charge in [0.2, 0.25) is 0 Å². The van der Waals surface area contributed by atoms with Gasteiger partial charge in [0, 0.05) is 10.2 Å². The van der Waals surface area contributed by atoms with Crippen molar-refractivity contribution >= 4 is 49.5 Å². The molecule has 3 aromatic rings. The van der Waals surface area contributed by atoms with Gasteiger partial charge in [-0.3, -0.25) is 4.79 Å². The van der Waals surface area contributed by atoms with E-state index in [4.69, 9.17) is 9.47 Å². The first-order chi connectivity index (χ1) is 17.1. The summed E-state index contributed by atoms with van der Waals surface area (Å²) >= 11 is 6.84. The van der Waals surface area contributed by atoms with E-state index in [0.717, 1.165) is 22.2 Å². The molecular formula is C26H19Br2F3N2O3. The standard InChI is InChI=1S/C26H19Br2F3N2O3/c1-2-35-23-12-17(11-22(28)24(23)36-15-16-6-8-20(27)9-7-16)10-18(14-32)25(34)33-21-5-3-4-19(13-21)26(29,30)31/h3-13H,2,15H2,1H3,(H,33,34)/b18-10+. The van der Waals surface area contributed by atoms with E-state index in [0.29, 0.717) is 28.1 Å². The van der Waals surface area contributed by atoms with Crippen molar-refractivity contribution in [2.45, 2.75) is 19.7 Å². The fourth-order valence-electron chi connectivity index (χ4n) is 3.10. The number of nitrogens with zero attached hydrogens (tertiary/aromatic N) is 1. The van der Waals surface area contributed by atoms with Crippen LogP contribution in [-0.2, 0) is 17.6 Å². The summed E-state index contributed by atoms with van der Waals surface area (Å²) in [7, 11) is 0. The number of rotatable bonds is 8. The van der Waals surface area contributed by atoms with Crippen molar-refractivity contribution in [3.63, 3.8) is 0 Å². The Bertz CT molecular complexity index is 1320. The molecule has 0 atom stereocenters. The first kappa shape index (κ1) is 27.3. The monoisotopic (exact) mass is 622 g/mol. The van der Waals surface area contributed by atoms with Gasteiger partial charge in [0.05, 0.1) is 16.6 Å². The van der Waals surface area contributed by atoms with E-state index in [1.54, 1.807) is 25.1 Å². The number of benzene rings is 3. The van der Waals surface area contributed by atoms with Gasteiger partial charge in [-0.15, -0.1) is 0 Å². The second-order valence-electron chi connectivity index (χ2n) is 7.38. The van der Waals surface area contributed by atoms with Crippen molar-refractivity contribution in [2.75, 3.05) is 11.9 Å². The maximum atomic E-state index is 13.0. The van der Waals surface area contributed by atoms with Gasteiger partial charge in [-0.2, -0.15) is 18.4 Å². The highest BCUT2D eigenvalue weighted by Crippen LogP contribution is 2.38. The van der Waals surface area contributed by atoms with Crippen molar-refractivity contribution in [1.29, 1.82) is 5.26 Å². The molecule has 186 valence electrons. The molecule has 3 rings (SSSR count). The first-order valence-corrected chi connectivity index (χ1v) is 12.1. The van der Waals surface area contributed by atoms with E-state index in [1.807, 2.05) is 24.3 Å². The lowest BCUT2D eigenvalue weighted by Gasteiger charge is -2.15. The average Bonchev–Trinajstić information content (AvgIpc) is 2.83. The van der Waals surface area contributed by atoms with Crippen LogP contribution in [0.1, 0.15) is 23.6 Å². The third kappa shape index (κ3) is 7.35. The lowest BCUT2D eigenvalue weighted by Crippen LogP contribution is -2.14. The van der Waals surface area contributed by atoms with Crippen LogP contribution in [0.25, 0.3) is 6.08 Å². The van der Waals surface area contributed by atoms with Gasteiger partial charge in [0.1, 0.15) is 18.2 Å². The van der Waals surface area contributed by atoms with E-state index in [9.17, 15) is 23.2 Å². The molecule has 5 nitrogen and oxygen atoms in total. The summed E-state index contributed by atoms with van der Waals surface area (Å²) in [5.41, 5.74) is 0.104. The third-order valence-electron chi connectivity index (χ3n) is 4.75. The molecule has 1 N–H and O–H groups in total. The van der Waals surface area contributed by atoms with Gasteiger partial charge in [-0.1, -0.05) is 34.1 Å². The largest absolute Gasteiger partial charge is 0.490 e. The predicted molar refractivity (Wildman–Crippen MR) is 137 cm³/mol. The van der Waals surface area contributed by atoms with Gasteiger partial charge in [-0.25, -0.2) is 0 Å². The molecule has 0 radical (unpaired) electrons. The number of nitriles is 1. The topological polar surface area (TPSA) is 71.3 Å². The molecule has 1 amide bonds. The minimum atomic E-state index is -4.56. The zero-order chi connectivity index (χ0) is 26.3. The van der Waals surface area contributed by atoms with Gasteiger partial charge in [-0.05, 0) is 82.5 Å². The van der Waals surface area contributed by atoms with Crippen molar-refractivity contribution in [3.8, 4) is 17.6 Å². The molecule has 36 heavy (non-hydrogen) atoms. The smallest absolute Gasteiger partial charge is 0.416 e. The zero-order valence-corrected chi connectivity index (χ0v) is 22.0. The van der Waals surface area contributed by atoms with Crippen LogP contribution in [0, 0.1) is 11.3 Å². The number of carbonyl (C=O) groups is 1. The lowest BCUT2D eigenvalue weighted by molar-refractivity contribution is -0.137. The van der Waals surface area contributed by atoms with Crippen LogP contribution in [0.4, 0.5) is 18.9 Å². The Hall–Kier alpha value is -3.29. The van der Waals surface area contributed by atoms with Crippen molar-refractivity contribution in [3.05, 3.63) is 91.9 Å². The summed E-state index contributed by atoms with van der Waals surface area (Å²) in [6.45, 7) is 2.43. The van der Waals surface area contributed by atoms with Crippen molar-refractivity contribution in [2.24, 2.45) is 0 Å². The van der Waals surface area contributed by atoms with E-state index < -0.39 is 17.6 Å². The number of alkyl halides is 3. The van der Waals surface area contributed by atoms with E-state index >= 15 is 0 Å². The Kier molecular flexibility index (Phi) is 9.18. The quantitative estimate of drug-likeness (QED) is 0.206. The Morgan fingerprint density at radius 2 is 1.81 bits per heavy atom. The van der Waals surface area contributed by atoms with Crippen molar-refractivity contribution in [1.82, 2.24) is 0 Å². The van der Waals surface area contributed by atoms with Gasteiger partial charge >= 0.3 is 6.18 Å². The Morgan fingerprint density at radius 3 is 2.44 bits per heavy atom. The molecule has 0 fully saturated rings. The number of halogens is 5. The number of anilines is 1. The Labute approximate surface area is 222 Å². The molecule has 0 unspecified atom stereocenters. The van der Waals surface area contributed by atoms with Crippen LogP contribution in [0.3, 0.4) is 0 Å². The van der Waals surface area contributed by atoms with Gasteiger partial charge < -0.3 is 14.8 Å². The van der Waals surface area contributed by atoms with E-state index in [1.165, 1.54) is 18.2 Å². The Balaban J connectivity index is 1.84. The molecule has 0 aliphatic rings. The minimum absolute atomic E-state index is 0.0798. The summed E-state index contributed by atoms with van der Waals surface area (Å²) in [6.07, 6.45) is -3.24. The third-order valence-corrected chi connectivity index (χ3v) is 5.87. The van der Waals surface area contributed by atoms with Crippen LogP contribution < -0.4 is 14.8 Å². The fourth-order valence-corrected chi connectivity index (χ4v) is 3.94. The number of amides is 1. The van der Waals surface area contributed by atoms with Crippen molar-refractivity contribution < 1.29 is 27.4 Å². The van der Waals surface area contributed by atoms with Crippen LogP contribution in [0.15, 0.2) is 75.2 Å². The molecule has 0 aromatic heterocycles. The molecule has 3 aromatic carbocycles. The molecule has 0 heterocycles. The lowest BCUT2D eigenvalue weighted by atomic mass is 10.1. The summed E-state index contributed by atoms with van der Waals surface area (Å²) in [5.74, 6) is -0.00358. The summed E-state index contributed by atoms with van der Waals surface area (Å²) in [4.78, 5) is 12.6. The maximum absolute atomic E-state index is 13.0. The zero-order valence-electron chi connectivity index (χ0n) is 18.8. The second-order valence-corrected chi connectivity index (χ2v) is 9.15. The molecule has 0 spiro atoms. The van der Waals surface area contributed by atoms with Gasteiger partial charge in [0.25, 0.3) is 5.91 Å². The summed E-state index contributed by atoms with van der Waals surface area (Å²) < 4.78 is 52.0. The molecular weight excluding hydrogens is 605 g/mol. The molecule has 0 bridgehead atoms. The number of ether oxygens (including phenoxy) is 2. The highest BCUT2D eigenvalue weighted by molar-refractivity contribution is 9.10. The molecule has 0 aliphatic heterocycles.